The summed E-state index contributed by atoms with van der Waals surface area (Å²) in [5.74, 6) is -2.07. The highest BCUT2D eigenvalue weighted by Gasteiger charge is 2.32. The fourth-order valence-electron chi connectivity index (χ4n) is 1.66. The van der Waals surface area contributed by atoms with E-state index in [0.29, 0.717) is 16.0 Å². The second-order valence-electron chi connectivity index (χ2n) is 4.16. The number of ether oxygens (including phenoxy) is 2. The van der Waals surface area contributed by atoms with Crippen molar-refractivity contribution in [3.8, 4) is 11.5 Å². The molecular weight excluding hydrogens is 330 g/mol. The SMILES string of the molecule is COc1ccc(OCC(F)(F)c2ccccc2)c(Br)c1. The van der Waals surface area contributed by atoms with Gasteiger partial charge in [0.25, 0.3) is 0 Å². The third kappa shape index (κ3) is 3.48. The van der Waals surface area contributed by atoms with Gasteiger partial charge in [-0.05, 0) is 34.1 Å². The first-order chi connectivity index (χ1) is 9.53. The van der Waals surface area contributed by atoms with E-state index in [1.165, 1.54) is 19.2 Å². The van der Waals surface area contributed by atoms with Crippen LogP contribution in [0, 0.1) is 0 Å². The van der Waals surface area contributed by atoms with Gasteiger partial charge in [0.2, 0.25) is 0 Å². The topological polar surface area (TPSA) is 18.5 Å². The van der Waals surface area contributed by atoms with Gasteiger partial charge >= 0.3 is 5.92 Å². The lowest BCUT2D eigenvalue weighted by Crippen LogP contribution is -2.23. The smallest absolute Gasteiger partial charge is 0.306 e. The van der Waals surface area contributed by atoms with Gasteiger partial charge in [0.15, 0.2) is 6.61 Å². The maximum absolute atomic E-state index is 14.0. The molecule has 0 aliphatic rings. The Morgan fingerprint density at radius 2 is 1.80 bits per heavy atom. The predicted molar refractivity (Wildman–Crippen MR) is 76.5 cm³/mol. The van der Waals surface area contributed by atoms with Crippen LogP contribution in [0.4, 0.5) is 8.78 Å². The van der Waals surface area contributed by atoms with E-state index in [-0.39, 0.29) is 5.56 Å². The van der Waals surface area contributed by atoms with E-state index in [0.717, 1.165) is 0 Å². The number of rotatable bonds is 5. The maximum Gasteiger partial charge on any atom is 0.306 e. The highest BCUT2D eigenvalue weighted by molar-refractivity contribution is 9.10. The van der Waals surface area contributed by atoms with E-state index in [2.05, 4.69) is 15.9 Å². The van der Waals surface area contributed by atoms with Gasteiger partial charge in [0.05, 0.1) is 11.6 Å². The van der Waals surface area contributed by atoms with Gasteiger partial charge in [-0.2, -0.15) is 8.78 Å². The molecule has 0 aromatic heterocycles. The third-order valence-corrected chi connectivity index (χ3v) is 3.36. The van der Waals surface area contributed by atoms with Crippen molar-refractivity contribution in [2.45, 2.75) is 5.92 Å². The van der Waals surface area contributed by atoms with Crippen LogP contribution in [0.5, 0.6) is 11.5 Å². The summed E-state index contributed by atoms with van der Waals surface area (Å²) >= 11 is 3.26. The molecule has 0 heterocycles. The van der Waals surface area contributed by atoms with Crippen molar-refractivity contribution in [2.75, 3.05) is 13.7 Å². The zero-order valence-corrected chi connectivity index (χ0v) is 12.4. The number of hydrogen-bond acceptors (Lipinski definition) is 2. The Morgan fingerprint density at radius 3 is 2.40 bits per heavy atom. The van der Waals surface area contributed by atoms with Gasteiger partial charge in [-0.3, -0.25) is 0 Å². The van der Waals surface area contributed by atoms with Crippen LogP contribution in [0.3, 0.4) is 0 Å². The van der Waals surface area contributed by atoms with Crippen LogP contribution in [-0.4, -0.2) is 13.7 Å². The van der Waals surface area contributed by atoms with Crippen molar-refractivity contribution in [3.05, 3.63) is 58.6 Å². The lowest BCUT2D eigenvalue weighted by molar-refractivity contribution is -0.0469. The van der Waals surface area contributed by atoms with Crippen LogP contribution < -0.4 is 9.47 Å². The second-order valence-corrected chi connectivity index (χ2v) is 5.01. The van der Waals surface area contributed by atoms with E-state index < -0.39 is 12.5 Å². The Balaban J connectivity index is 2.08. The molecular formula is C15H13BrF2O2. The normalized spacial score (nSPS) is 11.2. The number of hydrogen-bond donors (Lipinski definition) is 0. The maximum atomic E-state index is 14.0. The molecule has 0 radical (unpaired) electrons. The van der Waals surface area contributed by atoms with Crippen molar-refractivity contribution in [3.63, 3.8) is 0 Å². The van der Waals surface area contributed by atoms with E-state index in [9.17, 15) is 8.78 Å². The number of halogens is 3. The zero-order valence-electron chi connectivity index (χ0n) is 10.8. The van der Waals surface area contributed by atoms with Gasteiger partial charge in [0, 0.05) is 5.56 Å². The number of alkyl halides is 2. The molecule has 0 saturated heterocycles. The summed E-state index contributed by atoms with van der Waals surface area (Å²) in [5, 5.41) is 0. The zero-order chi connectivity index (χ0) is 14.6. The minimum Gasteiger partial charge on any atom is -0.497 e. The fourth-order valence-corrected chi connectivity index (χ4v) is 2.13. The molecule has 0 atom stereocenters. The van der Waals surface area contributed by atoms with Crippen LogP contribution in [-0.2, 0) is 5.92 Å². The summed E-state index contributed by atoms with van der Waals surface area (Å²) in [6, 6.07) is 12.5. The van der Waals surface area contributed by atoms with Crippen molar-refractivity contribution in [1.29, 1.82) is 0 Å². The predicted octanol–water partition coefficient (Wildman–Crippen LogP) is 4.63. The fraction of sp³-hybridized carbons (Fsp3) is 0.200. The van der Waals surface area contributed by atoms with Crippen LogP contribution in [0.2, 0.25) is 0 Å². The molecule has 2 aromatic rings. The van der Waals surface area contributed by atoms with E-state index in [1.54, 1.807) is 36.4 Å². The highest BCUT2D eigenvalue weighted by atomic mass is 79.9. The van der Waals surface area contributed by atoms with Crippen LogP contribution in [0.15, 0.2) is 53.0 Å². The molecule has 0 unspecified atom stereocenters. The summed E-state index contributed by atoms with van der Waals surface area (Å²) in [6.07, 6.45) is 0. The Morgan fingerprint density at radius 1 is 1.10 bits per heavy atom. The number of benzene rings is 2. The molecule has 0 bridgehead atoms. The van der Waals surface area contributed by atoms with Gasteiger partial charge in [-0.25, -0.2) is 0 Å². The summed E-state index contributed by atoms with van der Waals surface area (Å²) in [5.41, 5.74) is -0.0652. The quantitative estimate of drug-likeness (QED) is 0.788. The first kappa shape index (κ1) is 14.8. The molecule has 2 aromatic carbocycles. The van der Waals surface area contributed by atoms with E-state index in [4.69, 9.17) is 9.47 Å². The molecule has 5 heteroatoms. The van der Waals surface area contributed by atoms with E-state index in [1.807, 2.05) is 0 Å². The molecule has 0 N–H and O–H groups in total. The minimum atomic E-state index is -3.04. The average Bonchev–Trinajstić information content (AvgIpc) is 2.47. The molecule has 2 nitrogen and oxygen atoms in total. The minimum absolute atomic E-state index is 0.0652. The molecule has 0 spiro atoms. The molecule has 0 fully saturated rings. The van der Waals surface area contributed by atoms with Crippen LogP contribution >= 0.6 is 15.9 Å². The molecule has 0 aliphatic carbocycles. The molecule has 2 rings (SSSR count). The lowest BCUT2D eigenvalue weighted by atomic mass is 10.1. The summed E-state index contributed by atoms with van der Waals surface area (Å²) < 4.78 is 38.7. The van der Waals surface area contributed by atoms with Crippen molar-refractivity contribution < 1.29 is 18.3 Å². The summed E-state index contributed by atoms with van der Waals surface area (Å²) in [7, 11) is 1.53. The van der Waals surface area contributed by atoms with Crippen LogP contribution in [0.25, 0.3) is 0 Å². The van der Waals surface area contributed by atoms with Crippen molar-refractivity contribution in [2.24, 2.45) is 0 Å². The second kappa shape index (κ2) is 6.22. The molecule has 20 heavy (non-hydrogen) atoms. The van der Waals surface area contributed by atoms with Crippen molar-refractivity contribution in [1.82, 2.24) is 0 Å². The monoisotopic (exact) mass is 342 g/mol. The average molecular weight is 343 g/mol. The molecule has 0 amide bonds. The number of methoxy groups -OCH3 is 1. The Labute approximate surface area is 124 Å². The molecule has 106 valence electrons. The lowest BCUT2D eigenvalue weighted by Gasteiger charge is -2.18. The van der Waals surface area contributed by atoms with E-state index >= 15 is 0 Å². The van der Waals surface area contributed by atoms with Gasteiger partial charge < -0.3 is 9.47 Å². The molecule has 0 aliphatic heterocycles. The Hall–Kier alpha value is -1.62. The first-order valence-corrected chi connectivity index (χ1v) is 6.72. The first-order valence-electron chi connectivity index (χ1n) is 5.92. The van der Waals surface area contributed by atoms with Gasteiger partial charge in [-0.15, -0.1) is 0 Å². The largest absolute Gasteiger partial charge is 0.497 e. The standard InChI is InChI=1S/C15H13BrF2O2/c1-19-12-7-8-14(13(16)9-12)20-10-15(17,18)11-5-3-2-4-6-11/h2-9H,10H2,1H3. The summed E-state index contributed by atoms with van der Waals surface area (Å²) in [4.78, 5) is 0. The van der Waals surface area contributed by atoms with Crippen LogP contribution in [0.1, 0.15) is 5.56 Å². The molecule has 0 saturated carbocycles. The van der Waals surface area contributed by atoms with Gasteiger partial charge in [0.1, 0.15) is 11.5 Å². The Kier molecular flexibility index (Phi) is 4.60. The Bertz CT molecular complexity index is 573. The third-order valence-electron chi connectivity index (χ3n) is 2.74. The highest BCUT2D eigenvalue weighted by Crippen LogP contribution is 2.33. The van der Waals surface area contributed by atoms with Crippen molar-refractivity contribution >= 4 is 15.9 Å². The van der Waals surface area contributed by atoms with Gasteiger partial charge in [-0.1, -0.05) is 30.3 Å². The summed E-state index contributed by atoms with van der Waals surface area (Å²) in [6.45, 7) is -0.720.